The zero-order valence-corrected chi connectivity index (χ0v) is 12.8. The van der Waals surface area contributed by atoms with Crippen LogP contribution in [0.4, 0.5) is 0 Å². The van der Waals surface area contributed by atoms with Gasteiger partial charge in [-0.15, -0.1) is 0 Å². The second kappa shape index (κ2) is 11.7. The standard InChI is InChI=1S/C12H23IN2O3/c13-8-4-1-2-7-11(16)15-10(12(17)18)6-3-5-9-14/h10H,1-9,14H2,(H,15,16)(H,17,18)/t10-/m0/s1. The number of carboxylic acid groups (broad SMARTS) is 1. The Bertz CT molecular complexity index is 249. The molecule has 0 aromatic heterocycles. The minimum absolute atomic E-state index is 0.163. The van der Waals surface area contributed by atoms with Gasteiger partial charge in [-0.2, -0.15) is 0 Å². The highest BCUT2D eigenvalue weighted by atomic mass is 127. The SMILES string of the molecule is NCCCC[C@H](NC(=O)CCCCCI)C(=O)O. The number of carbonyl (C=O) groups is 2. The van der Waals surface area contributed by atoms with Gasteiger partial charge >= 0.3 is 5.97 Å². The number of carboxylic acids is 1. The summed E-state index contributed by atoms with van der Waals surface area (Å²) in [7, 11) is 0. The van der Waals surface area contributed by atoms with Crippen molar-refractivity contribution in [3.8, 4) is 0 Å². The predicted octanol–water partition coefficient (Wildman–Crippen LogP) is 1.68. The fraction of sp³-hybridized carbons (Fsp3) is 0.833. The smallest absolute Gasteiger partial charge is 0.326 e. The van der Waals surface area contributed by atoms with E-state index in [1.165, 1.54) is 0 Å². The molecule has 6 heteroatoms. The number of amides is 1. The molecule has 1 amide bonds. The van der Waals surface area contributed by atoms with Crippen LogP contribution in [0.5, 0.6) is 0 Å². The number of aliphatic carboxylic acids is 1. The summed E-state index contributed by atoms with van der Waals surface area (Å²) in [6.07, 6.45) is 5.32. The molecule has 5 nitrogen and oxygen atoms in total. The van der Waals surface area contributed by atoms with Gasteiger partial charge in [0, 0.05) is 6.42 Å². The molecule has 0 aromatic carbocycles. The van der Waals surface area contributed by atoms with Gasteiger partial charge in [-0.05, 0) is 43.1 Å². The molecule has 106 valence electrons. The molecule has 1 atom stereocenters. The molecule has 0 radical (unpaired) electrons. The van der Waals surface area contributed by atoms with E-state index in [-0.39, 0.29) is 5.91 Å². The maximum atomic E-state index is 11.6. The maximum absolute atomic E-state index is 11.6. The zero-order valence-electron chi connectivity index (χ0n) is 10.7. The van der Waals surface area contributed by atoms with Gasteiger partial charge in [-0.25, -0.2) is 4.79 Å². The molecule has 0 heterocycles. The summed E-state index contributed by atoms with van der Waals surface area (Å²) in [5, 5.41) is 11.6. The summed E-state index contributed by atoms with van der Waals surface area (Å²) in [5.41, 5.74) is 5.35. The quantitative estimate of drug-likeness (QED) is 0.293. The fourth-order valence-electron chi connectivity index (χ4n) is 1.57. The molecular weight excluding hydrogens is 347 g/mol. The molecule has 0 spiro atoms. The summed E-state index contributed by atoms with van der Waals surface area (Å²) in [5.74, 6) is -1.13. The van der Waals surface area contributed by atoms with E-state index in [1.54, 1.807) is 0 Å². The van der Waals surface area contributed by atoms with Gasteiger partial charge in [0.25, 0.3) is 0 Å². The van der Waals surface area contributed by atoms with Gasteiger partial charge in [0.05, 0.1) is 0 Å². The lowest BCUT2D eigenvalue weighted by molar-refractivity contribution is -0.142. The second-order valence-corrected chi connectivity index (χ2v) is 5.32. The fourth-order valence-corrected chi connectivity index (χ4v) is 2.11. The lowest BCUT2D eigenvalue weighted by Crippen LogP contribution is -2.40. The van der Waals surface area contributed by atoms with Crippen LogP contribution in [0.3, 0.4) is 0 Å². The number of hydrogen-bond acceptors (Lipinski definition) is 3. The molecule has 0 aromatic rings. The Morgan fingerprint density at radius 1 is 1.17 bits per heavy atom. The number of carbonyl (C=O) groups excluding carboxylic acids is 1. The third-order valence-corrected chi connectivity index (χ3v) is 3.38. The van der Waals surface area contributed by atoms with Crippen molar-refractivity contribution >= 4 is 34.5 Å². The summed E-state index contributed by atoms with van der Waals surface area (Å²) < 4.78 is 1.09. The molecule has 18 heavy (non-hydrogen) atoms. The number of alkyl halides is 1. The van der Waals surface area contributed by atoms with E-state index in [2.05, 4.69) is 27.9 Å². The van der Waals surface area contributed by atoms with Crippen LogP contribution in [0, 0.1) is 0 Å². The van der Waals surface area contributed by atoms with E-state index in [4.69, 9.17) is 10.8 Å². The van der Waals surface area contributed by atoms with E-state index in [0.29, 0.717) is 19.4 Å². The molecule has 0 unspecified atom stereocenters. The summed E-state index contributed by atoms with van der Waals surface area (Å²) in [4.78, 5) is 22.5. The first-order valence-corrected chi connectivity index (χ1v) is 7.92. The van der Waals surface area contributed by atoms with Gasteiger partial charge in [0.1, 0.15) is 6.04 Å². The number of rotatable bonds is 11. The molecule has 0 aliphatic heterocycles. The van der Waals surface area contributed by atoms with E-state index < -0.39 is 12.0 Å². The number of nitrogens with two attached hydrogens (primary N) is 1. The van der Waals surface area contributed by atoms with Crippen LogP contribution >= 0.6 is 22.6 Å². The van der Waals surface area contributed by atoms with Crippen molar-refractivity contribution in [2.24, 2.45) is 5.73 Å². The van der Waals surface area contributed by atoms with Crippen molar-refractivity contribution < 1.29 is 14.7 Å². The Labute approximate surface area is 122 Å². The average Bonchev–Trinajstić information content (AvgIpc) is 2.33. The number of nitrogens with one attached hydrogen (secondary N) is 1. The molecular formula is C12H23IN2O3. The maximum Gasteiger partial charge on any atom is 0.326 e. The predicted molar refractivity (Wildman–Crippen MR) is 79.8 cm³/mol. The number of hydrogen-bond donors (Lipinski definition) is 3. The third-order valence-electron chi connectivity index (χ3n) is 2.62. The molecule has 0 saturated heterocycles. The zero-order chi connectivity index (χ0) is 13.8. The largest absolute Gasteiger partial charge is 0.480 e. The van der Waals surface area contributed by atoms with Crippen LogP contribution in [0.25, 0.3) is 0 Å². The Morgan fingerprint density at radius 3 is 2.44 bits per heavy atom. The van der Waals surface area contributed by atoms with Crippen molar-refractivity contribution in [2.45, 2.75) is 51.0 Å². The summed E-state index contributed by atoms with van der Waals surface area (Å²) >= 11 is 2.30. The van der Waals surface area contributed by atoms with E-state index in [1.807, 2.05) is 0 Å². The topological polar surface area (TPSA) is 92.4 Å². The van der Waals surface area contributed by atoms with Crippen LogP contribution in [-0.4, -0.2) is 34.0 Å². The van der Waals surface area contributed by atoms with Gasteiger partial charge in [-0.1, -0.05) is 29.0 Å². The van der Waals surface area contributed by atoms with Crippen molar-refractivity contribution in [2.75, 3.05) is 11.0 Å². The Kier molecular flexibility index (Phi) is 11.5. The van der Waals surface area contributed by atoms with Crippen molar-refractivity contribution in [3.63, 3.8) is 0 Å². The van der Waals surface area contributed by atoms with Crippen molar-refractivity contribution in [3.05, 3.63) is 0 Å². The van der Waals surface area contributed by atoms with Crippen LogP contribution in [0.2, 0.25) is 0 Å². The molecule has 0 rings (SSSR count). The molecule has 0 aliphatic carbocycles. The summed E-state index contributed by atoms with van der Waals surface area (Å²) in [6, 6.07) is -0.770. The van der Waals surface area contributed by atoms with Gasteiger partial charge in [-0.3, -0.25) is 4.79 Å². The Morgan fingerprint density at radius 2 is 1.89 bits per heavy atom. The van der Waals surface area contributed by atoms with Crippen molar-refractivity contribution in [1.82, 2.24) is 5.32 Å². The minimum atomic E-state index is -0.965. The lowest BCUT2D eigenvalue weighted by Gasteiger charge is -2.14. The van der Waals surface area contributed by atoms with E-state index >= 15 is 0 Å². The van der Waals surface area contributed by atoms with E-state index in [0.717, 1.165) is 36.5 Å². The Hall–Kier alpha value is -0.370. The highest BCUT2D eigenvalue weighted by Gasteiger charge is 2.18. The molecule has 0 saturated carbocycles. The first kappa shape index (κ1) is 17.6. The minimum Gasteiger partial charge on any atom is -0.480 e. The second-order valence-electron chi connectivity index (χ2n) is 4.24. The lowest BCUT2D eigenvalue weighted by atomic mass is 10.1. The first-order valence-electron chi connectivity index (χ1n) is 6.40. The van der Waals surface area contributed by atoms with Crippen LogP contribution < -0.4 is 11.1 Å². The van der Waals surface area contributed by atoms with Crippen LogP contribution in [0.1, 0.15) is 44.9 Å². The highest BCUT2D eigenvalue weighted by molar-refractivity contribution is 14.1. The van der Waals surface area contributed by atoms with Crippen molar-refractivity contribution in [1.29, 1.82) is 0 Å². The van der Waals surface area contributed by atoms with Gasteiger partial charge in [0.2, 0.25) is 5.91 Å². The van der Waals surface area contributed by atoms with Gasteiger partial charge in [0.15, 0.2) is 0 Å². The van der Waals surface area contributed by atoms with Crippen LogP contribution in [0.15, 0.2) is 0 Å². The third kappa shape index (κ3) is 9.64. The molecule has 0 fully saturated rings. The Balaban J connectivity index is 3.85. The normalized spacial score (nSPS) is 12.1. The molecule has 4 N–H and O–H groups in total. The van der Waals surface area contributed by atoms with E-state index in [9.17, 15) is 9.59 Å². The van der Waals surface area contributed by atoms with Gasteiger partial charge < -0.3 is 16.2 Å². The van der Waals surface area contributed by atoms with Crippen LogP contribution in [-0.2, 0) is 9.59 Å². The number of unbranched alkanes of at least 4 members (excludes halogenated alkanes) is 3. The number of halogens is 1. The average molecular weight is 370 g/mol. The molecule has 0 bridgehead atoms. The summed E-state index contributed by atoms with van der Waals surface area (Å²) in [6.45, 7) is 0.552. The monoisotopic (exact) mass is 370 g/mol. The molecule has 0 aliphatic rings. The first-order chi connectivity index (χ1) is 8.61. The highest BCUT2D eigenvalue weighted by Crippen LogP contribution is 2.04.